The molecule has 2 aliphatic carbocycles. The lowest BCUT2D eigenvalue weighted by atomic mass is 9.70. The maximum Gasteiger partial charge on any atom is 0.140 e. The van der Waals surface area contributed by atoms with Gasteiger partial charge in [-0.15, -0.1) is 0 Å². The number of fused-ring (bicyclic) bond motifs is 2. The molecule has 0 radical (unpaired) electrons. The summed E-state index contributed by atoms with van der Waals surface area (Å²) in [5, 5.41) is 0. The van der Waals surface area contributed by atoms with Crippen molar-refractivity contribution in [1.29, 1.82) is 0 Å². The first-order valence-corrected chi connectivity index (χ1v) is 15.1. The van der Waals surface area contributed by atoms with Gasteiger partial charge in [-0.25, -0.2) is 0 Å². The van der Waals surface area contributed by atoms with Crippen molar-refractivity contribution in [3.8, 4) is 0 Å². The zero-order chi connectivity index (χ0) is 24.3. The Bertz CT molecular complexity index is 1330. The average molecular weight is 510 g/mol. The predicted molar refractivity (Wildman–Crippen MR) is 123 cm³/mol. The smallest absolute Gasteiger partial charge is 0.140 e. The molecule has 0 spiro atoms. The molecule has 10 heteroatoms. The second-order valence-electron chi connectivity index (χ2n) is 9.31. The van der Waals surface area contributed by atoms with Gasteiger partial charge in [0.1, 0.15) is 5.78 Å². The molecule has 2 saturated carbocycles. The summed E-state index contributed by atoms with van der Waals surface area (Å²) in [6, 6.07) is 13.2. The Morgan fingerprint density at radius 2 is 1.27 bits per heavy atom. The highest BCUT2D eigenvalue weighted by Gasteiger charge is 2.65. The lowest BCUT2D eigenvalue weighted by molar-refractivity contribution is -0.128. The average Bonchev–Trinajstić information content (AvgIpc) is 3.08. The number of sulfone groups is 3. The van der Waals surface area contributed by atoms with Crippen molar-refractivity contribution < 1.29 is 30.0 Å². The van der Waals surface area contributed by atoms with E-state index >= 15 is 0 Å². The van der Waals surface area contributed by atoms with Crippen LogP contribution in [0.4, 0.5) is 0 Å². The van der Waals surface area contributed by atoms with Gasteiger partial charge in [0.2, 0.25) is 0 Å². The summed E-state index contributed by atoms with van der Waals surface area (Å²) >= 11 is 0. The van der Waals surface area contributed by atoms with Crippen molar-refractivity contribution in [3.63, 3.8) is 0 Å². The van der Waals surface area contributed by atoms with Gasteiger partial charge in [0.05, 0.1) is 33.4 Å². The van der Waals surface area contributed by atoms with Crippen LogP contribution in [0.25, 0.3) is 0 Å². The third kappa shape index (κ3) is 3.57. The molecule has 33 heavy (non-hydrogen) atoms. The van der Waals surface area contributed by atoms with Crippen LogP contribution in [0.15, 0.2) is 70.5 Å². The number of Topliss-reactive ketones (excluding diaryl/α,β-unsaturated/α-hetero) is 1. The normalized spacial score (nSPS) is 24.9. The third-order valence-corrected chi connectivity index (χ3v) is 15.6. The fourth-order valence-electron chi connectivity index (χ4n) is 5.36. The molecule has 0 aliphatic heterocycles. The fraction of sp³-hybridized carbons (Fsp3) is 0.391. The quantitative estimate of drug-likeness (QED) is 0.526. The van der Waals surface area contributed by atoms with Gasteiger partial charge >= 0.3 is 0 Å². The van der Waals surface area contributed by atoms with Crippen molar-refractivity contribution in [2.24, 2.45) is 16.7 Å². The molecule has 0 aromatic heterocycles. The topological polar surface area (TPSA) is 119 Å². The molecule has 2 aliphatic rings. The Labute approximate surface area is 195 Å². The number of hydrogen-bond acceptors (Lipinski definition) is 7. The fourth-order valence-corrected chi connectivity index (χ4v) is 13.6. The first-order chi connectivity index (χ1) is 15.3. The van der Waals surface area contributed by atoms with Crippen molar-refractivity contribution >= 4 is 35.3 Å². The highest BCUT2D eigenvalue weighted by Crippen LogP contribution is 2.64. The molecule has 0 heterocycles. The van der Waals surface area contributed by atoms with Gasteiger partial charge in [0.25, 0.3) is 0 Å². The molecule has 2 atom stereocenters. The van der Waals surface area contributed by atoms with E-state index in [9.17, 15) is 30.0 Å². The Morgan fingerprint density at radius 1 is 0.818 bits per heavy atom. The largest absolute Gasteiger partial charge is 0.299 e. The molecule has 0 amide bonds. The number of benzene rings is 2. The van der Waals surface area contributed by atoms with Crippen LogP contribution >= 0.6 is 0 Å². The first kappa shape index (κ1) is 24.1. The molecule has 0 N–H and O–H groups in total. The van der Waals surface area contributed by atoms with Crippen molar-refractivity contribution in [2.45, 2.75) is 42.9 Å². The van der Waals surface area contributed by atoms with Crippen LogP contribution in [0.5, 0.6) is 0 Å². The number of rotatable bonds is 7. The Balaban J connectivity index is 1.91. The SMILES string of the molecule is CC1(C)C2CCC1(CS(=O)(=O)[C-](S(=O)(=O)c1ccccc1)S(=O)(=O)c1ccccc1)C(=O)C2. The highest BCUT2D eigenvalue weighted by atomic mass is 32.3. The first-order valence-electron chi connectivity index (χ1n) is 10.5. The monoisotopic (exact) mass is 509 g/mol. The van der Waals surface area contributed by atoms with Gasteiger partial charge in [0.15, 0.2) is 0 Å². The van der Waals surface area contributed by atoms with Crippen molar-refractivity contribution in [3.05, 3.63) is 64.6 Å². The van der Waals surface area contributed by atoms with Gasteiger partial charge < -0.3 is 0 Å². The lowest BCUT2D eigenvalue weighted by Crippen LogP contribution is -2.45. The zero-order valence-electron chi connectivity index (χ0n) is 18.3. The number of hydrogen-bond donors (Lipinski definition) is 0. The van der Waals surface area contributed by atoms with Crippen LogP contribution < -0.4 is 0 Å². The summed E-state index contributed by atoms with van der Waals surface area (Å²) < 4.78 is 80.2. The van der Waals surface area contributed by atoms with E-state index in [1.807, 2.05) is 13.8 Å². The molecule has 7 nitrogen and oxygen atoms in total. The molecule has 2 fully saturated rings. The van der Waals surface area contributed by atoms with E-state index in [4.69, 9.17) is 0 Å². The zero-order valence-corrected chi connectivity index (χ0v) is 20.7. The summed E-state index contributed by atoms with van der Waals surface area (Å²) in [4.78, 5) is 12.1. The maximum atomic E-state index is 13.8. The van der Waals surface area contributed by atoms with Gasteiger partial charge in [-0.2, -0.15) is 0 Å². The van der Waals surface area contributed by atoms with E-state index in [0.29, 0.717) is 6.42 Å². The molecular formula is C23H25O7S3-. The van der Waals surface area contributed by atoms with Crippen LogP contribution in [0.1, 0.15) is 33.1 Å². The molecule has 2 aromatic carbocycles. The second-order valence-corrected chi connectivity index (χ2v) is 15.8. The summed E-state index contributed by atoms with van der Waals surface area (Å²) in [6.45, 7) is 3.62. The van der Waals surface area contributed by atoms with Gasteiger partial charge in [-0.1, -0.05) is 50.2 Å². The van der Waals surface area contributed by atoms with E-state index in [-0.39, 0.29) is 24.5 Å². The standard InChI is InChI=1S/C23H25O7S3/c1-22(2)17-13-14-23(22,20(24)15-17)16-31(25,26)21(32(27,28)18-9-5-3-6-10-18)33(29,30)19-11-7-4-8-12-19/h3-12,17H,13-16H2,1-2H3/q-1. The van der Waals surface area contributed by atoms with Crippen LogP contribution in [0.3, 0.4) is 0 Å². The van der Waals surface area contributed by atoms with Crippen molar-refractivity contribution in [2.75, 3.05) is 5.75 Å². The summed E-state index contributed by atoms with van der Waals surface area (Å²) in [5.41, 5.74) is -2.00. The Morgan fingerprint density at radius 3 is 1.64 bits per heavy atom. The molecule has 0 saturated heterocycles. The third-order valence-electron chi connectivity index (χ3n) is 7.38. The van der Waals surface area contributed by atoms with Gasteiger partial charge in [-0.05, 0) is 48.4 Å². The van der Waals surface area contributed by atoms with Crippen LogP contribution in [-0.4, -0.2) is 36.8 Å². The maximum absolute atomic E-state index is 13.8. The minimum atomic E-state index is -4.95. The molecule has 178 valence electrons. The molecule has 4 rings (SSSR count). The minimum absolute atomic E-state index is 0.0138. The summed E-state index contributed by atoms with van der Waals surface area (Å²) in [7, 11) is -14.9. The Hall–Kier alpha value is -2.04. The molecular weight excluding hydrogens is 484 g/mol. The van der Waals surface area contributed by atoms with Gasteiger partial charge in [0, 0.05) is 27.4 Å². The van der Waals surface area contributed by atoms with Gasteiger partial charge in [-0.3, -0.25) is 30.0 Å². The van der Waals surface area contributed by atoms with Crippen LogP contribution in [-0.2, 0) is 34.3 Å². The Kier molecular flexibility index (Phi) is 5.66. The summed E-state index contributed by atoms with van der Waals surface area (Å²) in [5.74, 6) is -1.11. The van der Waals surface area contributed by atoms with Crippen LogP contribution in [0, 0.1) is 20.7 Å². The second kappa shape index (κ2) is 7.74. The number of ketones is 1. The molecule has 2 bridgehead atoms. The van der Waals surface area contributed by atoms with E-state index in [0.717, 1.165) is 24.3 Å². The van der Waals surface area contributed by atoms with E-state index in [1.165, 1.54) is 36.4 Å². The summed E-state index contributed by atoms with van der Waals surface area (Å²) in [6.07, 6.45) is 1.14. The van der Waals surface area contributed by atoms with E-state index in [2.05, 4.69) is 0 Å². The number of carbonyl (C=O) groups is 1. The van der Waals surface area contributed by atoms with E-state index in [1.54, 1.807) is 0 Å². The molecule has 2 aromatic rings. The predicted octanol–water partition coefficient (Wildman–Crippen LogP) is 3.19. The van der Waals surface area contributed by atoms with E-state index < -0.39 is 59.8 Å². The minimum Gasteiger partial charge on any atom is -0.299 e. The highest BCUT2D eigenvalue weighted by molar-refractivity contribution is 8.29. The molecule has 2 unspecified atom stereocenters. The van der Waals surface area contributed by atoms with Crippen molar-refractivity contribution in [1.82, 2.24) is 0 Å². The number of carbonyl (C=O) groups excluding carboxylic acids is 1. The lowest BCUT2D eigenvalue weighted by Gasteiger charge is -2.40. The van der Waals surface area contributed by atoms with Crippen LogP contribution in [0.2, 0.25) is 0 Å².